The number of hydrogen-bond acceptors (Lipinski definition) is 3. The van der Waals surface area contributed by atoms with E-state index in [1.807, 2.05) is 6.26 Å². The molecule has 1 aromatic heterocycles. The summed E-state index contributed by atoms with van der Waals surface area (Å²) in [5.74, 6) is 2.69. The molecule has 0 radical (unpaired) electrons. The van der Waals surface area contributed by atoms with Crippen LogP contribution in [0.3, 0.4) is 0 Å². The van der Waals surface area contributed by atoms with Crippen LogP contribution in [0.2, 0.25) is 0 Å². The van der Waals surface area contributed by atoms with Crippen LogP contribution < -0.4 is 5.32 Å². The van der Waals surface area contributed by atoms with Gasteiger partial charge in [-0.3, -0.25) is 4.90 Å². The summed E-state index contributed by atoms with van der Waals surface area (Å²) in [5, 5.41) is 3.46. The van der Waals surface area contributed by atoms with Gasteiger partial charge in [0.05, 0.1) is 12.8 Å². The van der Waals surface area contributed by atoms with Gasteiger partial charge in [0.2, 0.25) is 0 Å². The lowest BCUT2D eigenvalue weighted by atomic mass is 9.99. The maximum absolute atomic E-state index is 5.62. The third kappa shape index (κ3) is 4.66. The summed E-state index contributed by atoms with van der Waals surface area (Å²) >= 11 is 0. The number of furan rings is 1. The van der Waals surface area contributed by atoms with Crippen molar-refractivity contribution in [1.82, 2.24) is 10.2 Å². The molecule has 2 heterocycles. The van der Waals surface area contributed by atoms with Crippen molar-refractivity contribution in [3.8, 4) is 0 Å². The molecule has 0 aliphatic carbocycles. The van der Waals surface area contributed by atoms with E-state index in [1.54, 1.807) is 0 Å². The number of nitrogens with one attached hydrogen (secondary N) is 1. The fraction of sp³-hybridized carbons (Fsp3) is 0.750. The van der Waals surface area contributed by atoms with Crippen LogP contribution in [-0.4, -0.2) is 24.5 Å². The first-order valence-corrected chi connectivity index (χ1v) is 7.63. The lowest BCUT2D eigenvalue weighted by molar-refractivity contribution is 0.184. The summed E-state index contributed by atoms with van der Waals surface area (Å²) in [5.41, 5.74) is 1.35. The quantitative estimate of drug-likeness (QED) is 0.855. The van der Waals surface area contributed by atoms with Crippen molar-refractivity contribution in [2.45, 2.75) is 46.7 Å². The first kappa shape index (κ1) is 14.6. The van der Waals surface area contributed by atoms with Gasteiger partial charge in [-0.1, -0.05) is 20.8 Å². The lowest BCUT2D eigenvalue weighted by Gasteiger charge is -2.30. The maximum atomic E-state index is 5.62. The van der Waals surface area contributed by atoms with Gasteiger partial charge in [0.15, 0.2) is 0 Å². The van der Waals surface area contributed by atoms with Gasteiger partial charge in [-0.15, -0.1) is 0 Å². The Labute approximate surface area is 117 Å². The Bertz CT molecular complexity index is 365. The van der Waals surface area contributed by atoms with Gasteiger partial charge in [0.25, 0.3) is 0 Å². The van der Waals surface area contributed by atoms with E-state index in [2.05, 4.69) is 37.1 Å². The standard InChI is InChI=1S/C16H28N2O/c1-13(2)10-17-11-16-15(6-9-19-16)12-18-7-4-14(3)5-8-18/h6,9,13-14,17H,4-5,7-8,10-12H2,1-3H3. The van der Waals surface area contributed by atoms with Crippen LogP contribution in [-0.2, 0) is 13.1 Å². The molecule has 1 saturated heterocycles. The van der Waals surface area contributed by atoms with Crippen molar-refractivity contribution in [2.24, 2.45) is 11.8 Å². The van der Waals surface area contributed by atoms with E-state index in [0.29, 0.717) is 5.92 Å². The zero-order valence-electron chi connectivity index (χ0n) is 12.6. The van der Waals surface area contributed by atoms with Crippen LogP contribution in [0.25, 0.3) is 0 Å². The highest BCUT2D eigenvalue weighted by molar-refractivity contribution is 5.17. The Morgan fingerprint density at radius 3 is 2.79 bits per heavy atom. The van der Waals surface area contributed by atoms with Crippen LogP contribution >= 0.6 is 0 Å². The molecule has 1 N–H and O–H groups in total. The number of likely N-dealkylation sites (tertiary alicyclic amines) is 1. The van der Waals surface area contributed by atoms with Crippen LogP contribution in [0.1, 0.15) is 44.9 Å². The highest BCUT2D eigenvalue weighted by Crippen LogP contribution is 2.20. The number of hydrogen-bond donors (Lipinski definition) is 1. The van der Waals surface area contributed by atoms with E-state index in [1.165, 1.54) is 31.5 Å². The molecular formula is C16H28N2O. The van der Waals surface area contributed by atoms with Gasteiger partial charge in [-0.05, 0) is 50.4 Å². The molecule has 0 bridgehead atoms. The molecule has 2 rings (SSSR count). The van der Waals surface area contributed by atoms with Gasteiger partial charge in [-0.25, -0.2) is 0 Å². The number of nitrogens with zero attached hydrogens (tertiary/aromatic N) is 1. The van der Waals surface area contributed by atoms with Crippen LogP contribution in [0, 0.1) is 11.8 Å². The maximum Gasteiger partial charge on any atom is 0.122 e. The van der Waals surface area contributed by atoms with Gasteiger partial charge >= 0.3 is 0 Å². The molecule has 0 unspecified atom stereocenters. The lowest BCUT2D eigenvalue weighted by Crippen LogP contribution is -2.32. The molecule has 0 saturated carbocycles. The minimum Gasteiger partial charge on any atom is -0.468 e. The average molecular weight is 264 g/mol. The molecule has 0 spiro atoms. The average Bonchev–Trinajstić information content (AvgIpc) is 2.79. The minimum atomic E-state index is 0.682. The van der Waals surface area contributed by atoms with Gasteiger partial charge in [0.1, 0.15) is 5.76 Å². The van der Waals surface area contributed by atoms with Crippen molar-refractivity contribution in [1.29, 1.82) is 0 Å². The number of piperidine rings is 1. The van der Waals surface area contributed by atoms with Gasteiger partial charge in [-0.2, -0.15) is 0 Å². The fourth-order valence-corrected chi connectivity index (χ4v) is 2.60. The smallest absolute Gasteiger partial charge is 0.122 e. The molecule has 1 aliphatic heterocycles. The van der Waals surface area contributed by atoms with Crippen molar-refractivity contribution < 1.29 is 4.42 Å². The molecule has 19 heavy (non-hydrogen) atoms. The molecule has 3 heteroatoms. The van der Waals surface area contributed by atoms with E-state index >= 15 is 0 Å². The summed E-state index contributed by atoms with van der Waals surface area (Å²) in [4.78, 5) is 2.55. The summed E-state index contributed by atoms with van der Waals surface area (Å²) < 4.78 is 5.62. The molecule has 1 aromatic rings. The minimum absolute atomic E-state index is 0.682. The second kappa shape index (κ2) is 7.11. The normalized spacial score (nSPS) is 18.3. The predicted octanol–water partition coefficient (Wildman–Crippen LogP) is 3.26. The monoisotopic (exact) mass is 264 g/mol. The predicted molar refractivity (Wildman–Crippen MR) is 78.9 cm³/mol. The van der Waals surface area contributed by atoms with E-state index in [-0.39, 0.29) is 0 Å². The summed E-state index contributed by atoms with van der Waals surface area (Å²) in [7, 11) is 0. The largest absolute Gasteiger partial charge is 0.468 e. The first-order chi connectivity index (χ1) is 9.15. The molecule has 0 aromatic carbocycles. The molecule has 3 nitrogen and oxygen atoms in total. The Hall–Kier alpha value is -0.800. The first-order valence-electron chi connectivity index (χ1n) is 7.63. The summed E-state index contributed by atoms with van der Waals surface area (Å²) in [6.45, 7) is 12.2. The van der Waals surface area contributed by atoms with Crippen LogP contribution in [0.5, 0.6) is 0 Å². The SMILES string of the molecule is CC(C)CNCc1occc1CN1CCC(C)CC1. The topological polar surface area (TPSA) is 28.4 Å². The highest BCUT2D eigenvalue weighted by Gasteiger charge is 2.17. The molecule has 0 atom stereocenters. The number of rotatable bonds is 6. The van der Waals surface area contributed by atoms with Crippen molar-refractivity contribution in [3.05, 3.63) is 23.7 Å². The van der Waals surface area contributed by atoms with Crippen LogP contribution in [0.15, 0.2) is 16.7 Å². The van der Waals surface area contributed by atoms with E-state index < -0.39 is 0 Å². The Morgan fingerprint density at radius 1 is 1.37 bits per heavy atom. The zero-order chi connectivity index (χ0) is 13.7. The zero-order valence-corrected chi connectivity index (χ0v) is 12.6. The highest BCUT2D eigenvalue weighted by atomic mass is 16.3. The third-order valence-electron chi connectivity index (χ3n) is 3.95. The van der Waals surface area contributed by atoms with Crippen molar-refractivity contribution in [3.63, 3.8) is 0 Å². The summed E-state index contributed by atoms with van der Waals surface area (Å²) in [6.07, 6.45) is 4.49. The molecule has 1 aliphatic rings. The van der Waals surface area contributed by atoms with Crippen molar-refractivity contribution in [2.75, 3.05) is 19.6 Å². The molecule has 108 valence electrons. The van der Waals surface area contributed by atoms with Gasteiger partial charge < -0.3 is 9.73 Å². The van der Waals surface area contributed by atoms with Gasteiger partial charge in [0, 0.05) is 12.1 Å². The Kier molecular flexibility index (Phi) is 5.46. The molecular weight excluding hydrogens is 236 g/mol. The van der Waals surface area contributed by atoms with E-state index in [4.69, 9.17) is 4.42 Å². The summed E-state index contributed by atoms with van der Waals surface area (Å²) in [6, 6.07) is 2.13. The molecule has 0 amide bonds. The Morgan fingerprint density at radius 2 is 2.11 bits per heavy atom. The second-order valence-corrected chi connectivity index (χ2v) is 6.35. The van der Waals surface area contributed by atoms with Crippen LogP contribution in [0.4, 0.5) is 0 Å². The molecule has 1 fully saturated rings. The van der Waals surface area contributed by atoms with Crippen molar-refractivity contribution >= 4 is 0 Å². The van der Waals surface area contributed by atoms with E-state index in [0.717, 1.165) is 31.3 Å². The Balaban J connectivity index is 1.81. The fourth-order valence-electron chi connectivity index (χ4n) is 2.60. The van der Waals surface area contributed by atoms with E-state index in [9.17, 15) is 0 Å². The third-order valence-corrected chi connectivity index (χ3v) is 3.95. The second-order valence-electron chi connectivity index (χ2n) is 6.35.